The van der Waals surface area contributed by atoms with Crippen LogP contribution in [0.1, 0.15) is 36.0 Å². The lowest BCUT2D eigenvalue weighted by atomic mass is 10.1. The summed E-state index contributed by atoms with van der Waals surface area (Å²) in [5.74, 6) is 0.253. The molecule has 2 saturated heterocycles. The molecule has 2 fully saturated rings. The number of piperazine rings is 1. The maximum atomic E-state index is 12.5. The third kappa shape index (κ3) is 4.72. The Morgan fingerprint density at radius 3 is 2.20 bits per heavy atom. The van der Waals surface area contributed by atoms with Crippen molar-refractivity contribution in [3.05, 3.63) is 29.8 Å². The van der Waals surface area contributed by atoms with Gasteiger partial charge in [-0.05, 0) is 31.0 Å². The molecule has 2 heterocycles. The monoisotopic (exact) mass is 344 g/mol. The van der Waals surface area contributed by atoms with Gasteiger partial charge < -0.3 is 15.5 Å². The second kappa shape index (κ2) is 8.34. The van der Waals surface area contributed by atoms with Crippen LogP contribution in [0.5, 0.6) is 0 Å². The van der Waals surface area contributed by atoms with Gasteiger partial charge in [-0.15, -0.1) is 0 Å². The van der Waals surface area contributed by atoms with Crippen molar-refractivity contribution < 1.29 is 9.59 Å². The van der Waals surface area contributed by atoms with Gasteiger partial charge in [0, 0.05) is 50.5 Å². The van der Waals surface area contributed by atoms with Gasteiger partial charge in [0.25, 0.3) is 5.91 Å². The molecule has 2 aliphatic heterocycles. The molecule has 2 N–H and O–H groups in total. The van der Waals surface area contributed by atoms with E-state index in [1.54, 1.807) is 24.3 Å². The summed E-state index contributed by atoms with van der Waals surface area (Å²) in [4.78, 5) is 31.0. The van der Waals surface area contributed by atoms with Gasteiger partial charge in [0.05, 0.1) is 6.54 Å². The van der Waals surface area contributed by atoms with E-state index in [2.05, 4.69) is 4.90 Å². The van der Waals surface area contributed by atoms with Gasteiger partial charge in [-0.2, -0.15) is 0 Å². The first kappa shape index (κ1) is 17.7. The normalized spacial score (nSPS) is 19.5. The molecular formula is C19H28N4O2. The van der Waals surface area contributed by atoms with Crippen molar-refractivity contribution in [3.63, 3.8) is 0 Å². The molecule has 3 rings (SSSR count). The van der Waals surface area contributed by atoms with E-state index in [0.717, 1.165) is 39.0 Å². The van der Waals surface area contributed by atoms with Gasteiger partial charge in [-0.25, -0.2) is 0 Å². The summed E-state index contributed by atoms with van der Waals surface area (Å²) in [5, 5.41) is 0. The fourth-order valence-corrected chi connectivity index (χ4v) is 3.57. The molecule has 0 aliphatic carbocycles. The van der Waals surface area contributed by atoms with E-state index in [-0.39, 0.29) is 11.8 Å². The van der Waals surface area contributed by atoms with E-state index in [9.17, 15) is 9.59 Å². The Balaban J connectivity index is 1.48. The molecule has 6 heteroatoms. The fraction of sp³-hybridized carbons (Fsp3) is 0.579. The van der Waals surface area contributed by atoms with E-state index in [1.807, 2.05) is 9.80 Å². The SMILES string of the molecule is Nc1cccc(C(=O)N2CCN(CC(=O)N3CCCCCC3)CC2)c1. The van der Waals surface area contributed by atoms with Crippen LogP contribution >= 0.6 is 0 Å². The van der Waals surface area contributed by atoms with Gasteiger partial charge in [0.1, 0.15) is 0 Å². The first-order valence-electron chi connectivity index (χ1n) is 9.28. The smallest absolute Gasteiger partial charge is 0.254 e. The topological polar surface area (TPSA) is 69.9 Å². The van der Waals surface area contributed by atoms with Gasteiger partial charge in [-0.3, -0.25) is 14.5 Å². The number of carbonyl (C=O) groups excluding carboxylic acids is 2. The Morgan fingerprint density at radius 1 is 0.880 bits per heavy atom. The number of nitrogens with zero attached hydrogens (tertiary/aromatic N) is 3. The minimum Gasteiger partial charge on any atom is -0.399 e. The van der Waals surface area contributed by atoms with E-state index >= 15 is 0 Å². The molecule has 2 amide bonds. The Hall–Kier alpha value is -2.08. The summed E-state index contributed by atoms with van der Waals surface area (Å²) in [7, 11) is 0. The van der Waals surface area contributed by atoms with Crippen LogP contribution in [0.15, 0.2) is 24.3 Å². The molecule has 1 aromatic carbocycles. The van der Waals surface area contributed by atoms with Crippen LogP contribution in [0, 0.1) is 0 Å². The Morgan fingerprint density at radius 2 is 1.56 bits per heavy atom. The maximum absolute atomic E-state index is 12.5. The molecule has 0 spiro atoms. The summed E-state index contributed by atoms with van der Waals surface area (Å²) >= 11 is 0. The average molecular weight is 344 g/mol. The quantitative estimate of drug-likeness (QED) is 0.842. The average Bonchev–Trinajstić information content (AvgIpc) is 2.91. The minimum atomic E-state index is 0.0193. The van der Waals surface area contributed by atoms with Crippen LogP contribution in [-0.2, 0) is 4.79 Å². The van der Waals surface area contributed by atoms with Gasteiger partial charge in [0.15, 0.2) is 0 Å². The molecule has 0 radical (unpaired) electrons. The third-order valence-corrected chi connectivity index (χ3v) is 5.11. The first-order chi connectivity index (χ1) is 12.1. The number of hydrogen-bond acceptors (Lipinski definition) is 4. The lowest BCUT2D eigenvalue weighted by Crippen LogP contribution is -2.51. The van der Waals surface area contributed by atoms with Crippen molar-refractivity contribution in [2.45, 2.75) is 25.7 Å². The van der Waals surface area contributed by atoms with Gasteiger partial charge in [-0.1, -0.05) is 18.9 Å². The fourth-order valence-electron chi connectivity index (χ4n) is 3.57. The number of anilines is 1. The summed E-state index contributed by atoms with van der Waals surface area (Å²) < 4.78 is 0. The molecule has 2 aliphatic rings. The van der Waals surface area contributed by atoms with Gasteiger partial charge in [0.2, 0.25) is 5.91 Å². The number of nitrogens with two attached hydrogens (primary N) is 1. The van der Waals surface area contributed by atoms with Crippen molar-refractivity contribution in [3.8, 4) is 0 Å². The second-order valence-corrected chi connectivity index (χ2v) is 6.99. The van der Waals surface area contributed by atoms with Crippen LogP contribution in [0.4, 0.5) is 5.69 Å². The number of rotatable bonds is 3. The Kier molecular flexibility index (Phi) is 5.91. The molecule has 136 valence electrons. The van der Waals surface area contributed by atoms with Crippen LogP contribution < -0.4 is 5.73 Å². The van der Waals surface area contributed by atoms with E-state index in [4.69, 9.17) is 5.73 Å². The third-order valence-electron chi connectivity index (χ3n) is 5.11. The molecule has 0 aromatic heterocycles. The van der Waals surface area contributed by atoms with Crippen molar-refractivity contribution in [1.29, 1.82) is 0 Å². The molecule has 6 nitrogen and oxygen atoms in total. The van der Waals surface area contributed by atoms with Crippen LogP contribution in [0.25, 0.3) is 0 Å². The molecule has 25 heavy (non-hydrogen) atoms. The van der Waals surface area contributed by atoms with Crippen LogP contribution in [-0.4, -0.2) is 72.3 Å². The highest BCUT2D eigenvalue weighted by Crippen LogP contribution is 2.13. The second-order valence-electron chi connectivity index (χ2n) is 6.99. The minimum absolute atomic E-state index is 0.0193. The molecular weight excluding hydrogens is 316 g/mol. The lowest BCUT2D eigenvalue weighted by Gasteiger charge is -2.35. The standard InChI is InChI=1S/C19H28N4O2/c20-17-7-5-6-16(14-17)19(25)23-12-10-21(11-13-23)15-18(24)22-8-3-1-2-4-9-22/h5-7,14H,1-4,8-13,15,20H2. The highest BCUT2D eigenvalue weighted by molar-refractivity contribution is 5.95. The number of benzene rings is 1. The largest absolute Gasteiger partial charge is 0.399 e. The molecule has 0 unspecified atom stereocenters. The first-order valence-corrected chi connectivity index (χ1v) is 9.28. The van der Waals surface area contributed by atoms with Crippen molar-refractivity contribution in [2.24, 2.45) is 0 Å². The maximum Gasteiger partial charge on any atom is 0.254 e. The van der Waals surface area contributed by atoms with Crippen LogP contribution in [0.2, 0.25) is 0 Å². The highest BCUT2D eigenvalue weighted by atomic mass is 16.2. The number of hydrogen-bond donors (Lipinski definition) is 1. The number of likely N-dealkylation sites (tertiary alicyclic amines) is 1. The zero-order valence-electron chi connectivity index (χ0n) is 14.8. The summed E-state index contributed by atoms with van der Waals surface area (Å²) in [6.07, 6.45) is 4.70. The molecule has 0 atom stereocenters. The predicted octanol–water partition coefficient (Wildman–Crippen LogP) is 1.43. The van der Waals surface area contributed by atoms with E-state index < -0.39 is 0 Å². The highest BCUT2D eigenvalue weighted by Gasteiger charge is 2.25. The summed E-state index contributed by atoms with van der Waals surface area (Å²) in [6, 6.07) is 7.10. The van der Waals surface area contributed by atoms with Crippen molar-refractivity contribution in [2.75, 3.05) is 51.5 Å². The van der Waals surface area contributed by atoms with E-state index in [1.165, 1.54) is 12.8 Å². The zero-order valence-corrected chi connectivity index (χ0v) is 14.8. The van der Waals surface area contributed by atoms with Crippen molar-refractivity contribution in [1.82, 2.24) is 14.7 Å². The van der Waals surface area contributed by atoms with E-state index in [0.29, 0.717) is 30.9 Å². The molecule has 0 bridgehead atoms. The summed E-state index contributed by atoms with van der Waals surface area (Å²) in [6.45, 7) is 5.06. The lowest BCUT2D eigenvalue weighted by molar-refractivity contribution is -0.132. The number of amides is 2. The molecule has 0 saturated carbocycles. The summed E-state index contributed by atoms with van der Waals surface area (Å²) in [5.41, 5.74) is 7.00. The van der Waals surface area contributed by atoms with Gasteiger partial charge >= 0.3 is 0 Å². The predicted molar refractivity (Wildman–Crippen MR) is 98.2 cm³/mol. The Labute approximate surface area is 149 Å². The molecule has 1 aromatic rings. The number of carbonyl (C=O) groups is 2. The zero-order chi connectivity index (χ0) is 17.6. The number of nitrogen functional groups attached to an aromatic ring is 1. The van der Waals surface area contributed by atoms with Crippen LogP contribution in [0.3, 0.4) is 0 Å². The Bertz CT molecular complexity index is 603. The van der Waals surface area contributed by atoms with Crippen molar-refractivity contribution >= 4 is 17.5 Å².